The summed E-state index contributed by atoms with van der Waals surface area (Å²) >= 11 is 0. The molecule has 1 aliphatic heterocycles. The van der Waals surface area contributed by atoms with Gasteiger partial charge in [-0.1, -0.05) is 0 Å². The van der Waals surface area contributed by atoms with Crippen LogP contribution in [0.1, 0.15) is 19.8 Å². The maximum absolute atomic E-state index is 12.7. The van der Waals surface area contributed by atoms with Crippen molar-refractivity contribution in [2.45, 2.75) is 19.8 Å². The standard InChI is InChI=1S/C16H24N2O4S/c1-4-23(20,21)18-11-5-6-13(12-18)16(19)17(2)14-7-9-15(22-3)10-8-14/h7-10,13H,4-6,11-12H2,1-3H3/t13-/m0/s1. The van der Waals surface area contributed by atoms with E-state index in [-0.39, 0.29) is 24.1 Å². The maximum atomic E-state index is 12.7. The molecule has 7 heteroatoms. The van der Waals surface area contributed by atoms with Gasteiger partial charge in [-0.05, 0) is 44.0 Å². The van der Waals surface area contributed by atoms with E-state index in [4.69, 9.17) is 4.74 Å². The molecule has 1 aromatic carbocycles. The Morgan fingerprint density at radius 3 is 2.57 bits per heavy atom. The molecule has 0 saturated carbocycles. The Kier molecular flexibility index (Phi) is 5.64. The van der Waals surface area contributed by atoms with Crippen LogP contribution >= 0.6 is 0 Å². The predicted octanol–water partition coefficient (Wildman–Crippen LogP) is 1.72. The molecule has 0 aromatic heterocycles. The van der Waals surface area contributed by atoms with Crippen LogP contribution in [0.25, 0.3) is 0 Å². The second kappa shape index (κ2) is 7.31. The zero-order valence-corrected chi connectivity index (χ0v) is 14.7. The average Bonchev–Trinajstić information content (AvgIpc) is 2.60. The van der Waals surface area contributed by atoms with E-state index in [1.54, 1.807) is 38.1 Å². The van der Waals surface area contributed by atoms with Gasteiger partial charge in [0.25, 0.3) is 0 Å². The molecule has 6 nitrogen and oxygen atoms in total. The average molecular weight is 340 g/mol. The number of rotatable bonds is 5. The number of ether oxygens (including phenoxy) is 1. The summed E-state index contributed by atoms with van der Waals surface area (Å²) in [5.41, 5.74) is 0.770. The first-order chi connectivity index (χ1) is 10.9. The Morgan fingerprint density at radius 2 is 2.00 bits per heavy atom. The number of benzene rings is 1. The maximum Gasteiger partial charge on any atom is 0.231 e. The largest absolute Gasteiger partial charge is 0.497 e. The van der Waals surface area contributed by atoms with Gasteiger partial charge in [-0.3, -0.25) is 4.79 Å². The Labute approximate surface area is 138 Å². The van der Waals surface area contributed by atoms with Crippen LogP contribution < -0.4 is 9.64 Å². The van der Waals surface area contributed by atoms with Crippen LogP contribution in [-0.2, 0) is 14.8 Å². The molecule has 128 valence electrons. The molecule has 23 heavy (non-hydrogen) atoms. The molecule has 2 rings (SSSR count). The van der Waals surface area contributed by atoms with Crippen molar-refractivity contribution in [3.8, 4) is 5.75 Å². The number of hydrogen-bond acceptors (Lipinski definition) is 4. The van der Waals surface area contributed by atoms with Crippen LogP contribution in [0, 0.1) is 5.92 Å². The number of carbonyl (C=O) groups excluding carboxylic acids is 1. The van der Waals surface area contributed by atoms with E-state index in [1.807, 2.05) is 12.1 Å². The highest BCUT2D eigenvalue weighted by molar-refractivity contribution is 7.89. The number of carbonyl (C=O) groups is 1. The Hall–Kier alpha value is -1.60. The first kappa shape index (κ1) is 17.7. The number of hydrogen-bond donors (Lipinski definition) is 0. The van der Waals surface area contributed by atoms with E-state index < -0.39 is 10.0 Å². The molecule has 1 saturated heterocycles. The van der Waals surface area contributed by atoms with Gasteiger partial charge >= 0.3 is 0 Å². The van der Waals surface area contributed by atoms with Crippen LogP contribution in [0.2, 0.25) is 0 Å². The fourth-order valence-electron chi connectivity index (χ4n) is 2.79. The molecule has 0 spiro atoms. The van der Waals surface area contributed by atoms with E-state index in [9.17, 15) is 13.2 Å². The highest BCUT2D eigenvalue weighted by atomic mass is 32.2. The van der Waals surface area contributed by atoms with Crippen molar-refractivity contribution in [3.63, 3.8) is 0 Å². The van der Waals surface area contributed by atoms with Crippen LogP contribution in [-0.4, -0.2) is 51.6 Å². The highest BCUT2D eigenvalue weighted by Crippen LogP contribution is 2.24. The van der Waals surface area contributed by atoms with Crippen molar-refractivity contribution < 1.29 is 17.9 Å². The summed E-state index contributed by atoms with van der Waals surface area (Å²) in [4.78, 5) is 14.3. The van der Waals surface area contributed by atoms with E-state index in [2.05, 4.69) is 0 Å². The summed E-state index contributed by atoms with van der Waals surface area (Å²) in [6.07, 6.45) is 1.43. The molecule has 1 amide bonds. The van der Waals surface area contributed by atoms with Crippen LogP contribution in [0.5, 0.6) is 5.75 Å². The highest BCUT2D eigenvalue weighted by Gasteiger charge is 2.33. The van der Waals surface area contributed by atoms with Crippen molar-refractivity contribution in [2.75, 3.05) is 37.9 Å². The van der Waals surface area contributed by atoms with Gasteiger partial charge in [0.1, 0.15) is 5.75 Å². The van der Waals surface area contributed by atoms with Gasteiger partial charge < -0.3 is 9.64 Å². The minimum Gasteiger partial charge on any atom is -0.497 e. The van der Waals surface area contributed by atoms with Crippen molar-refractivity contribution in [1.29, 1.82) is 0 Å². The lowest BCUT2D eigenvalue weighted by Crippen LogP contribution is -2.46. The summed E-state index contributed by atoms with van der Waals surface area (Å²) in [5, 5.41) is 0. The van der Waals surface area contributed by atoms with Gasteiger partial charge in [0.2, 0.25) is 15.9 Å². The molecule has 1 heterocycles. The normalized spacial score (nSPS) is 19.3. The van der Waals surface area contributed by atoms with Crippen LogP contribution in [0.4, 0.5) is 5.69 Å². The van der Waals surface area contributed by atoms with E-state index in [0.29, 0.717) is 13.0 Å². The predicted molar refractivity (Wildman–Crippen MR) is 90.2 cm³/mol. The van der Waals surface area contributed by atoms with E-state index in [1.165, 1.54) is 4.31 Å². The van der Waals surface area contributed by atoms with Crippen molar-refractivity contribution >= 4 is 21.6 Å². The SMILES string of the molecule is CCS(=O)(=O)N1CCC[C@H](C(=O)N(C)c2ccc(OC)cc2)C1. The van der Waals surface area contributed by atoms with Crippen LogP contribution in [0.15, 0.2) is 24.3 Å². The van der Waals surface area contributed by atoms with Crippen molar-refractivity contribution in [1.82, 2.24) is 4.31 Å². The lowest BCUT2D eigenvalue weighted by molar-refractivity contribution is -0.123. The molecule has 1 aliphatic rings. The summed E-state index contributed by atoms with van der Waals surface area (Å²) in [6, 6.07) is 7.24. The summed E-state index contributed by atoms with van der Waals surface area (Å²) in [5.74, 6) is 0.457. The van der Waals surface area contributed by atoms with Crippen molar-refractivity contribution in [2.24, 2.45) is 5.92 Å². The topological polar surface area (TPSA) is 66.9 Å². The zero-order valence-electron chi connectivity index (χ0n) is 13.9. The molecule has 1 fully saturated rings. The molecule has 0 unspecified atom stereocenters. The molecule has 0 aliphatic carbocycles. The molecule has 0 N–H and O–H groups in total. The smallest absolute Gasteiger partial charge is 0.231 e. The van der Waals surface area contributed by atoms with Gasteiger partial charge in [-0.2, -0.15) is 0 Å². The Morgan fingerprint density at radius 1 is 1.35 bits per heavy atom. The van der Waals surface area contributed by atoms with Crippen LogP contribution in [0.3, 0.4) is 0 Å². The molecule has 0 bridgehead atoms. The summed E-state index contributed by atoms with van der Waals surface area (Å²) < 4.78 is 30.6. The molecule has 1 aromatic rings. The Bertz CT molecular complexity index is 643. The fraction of sp³-hybridized carbons (Fsp3) is 0.562. The first-order valence-electron chi connectivity index (χ1n) is 7.78. The molecule has 0 radical (unpaired) electrons. The second-order valence-corrected chi connectivity index (χ2v) is 7.95. The molecule has 1 atom stereocenters. The monoisotopic (exact) mass is 340 g/mol. The van der Waals surface area contributed by atoms with Gasteiger partial charge in [-0.25, -0.2) is 12.7 Å². The minimum absolute atomic E-state index is 0.0498. The van der Waals surface area contributed by atoms with E-state index >= 15 is 0 Å². The van der Waals surface area contributed by atoms with Gasteiger partial charge in [-0.15, -0.1) is 0 Å². The molecular formula is C16H24N2O4S. The lowest BCUT2D eigenvalue weighted by Gasteiger charge is -2.33. The van der Waals surface area contributed by atoms with Gasteiger partial charge in [0.15, 0.2) is 0 Å². The number of amides is 1. The third kappa shape index (κ3) is 4.03. The zero-order chi connectivity index (χ0) is 17.0. The minimum atomic E-state index is -3.24. The number of anilines is 1. The second-order valence-electron chi connectivity index (χ2n) is 5.69. The Balaban J connectivity index is 2.09. The summed E-state index contributed by atoms with van der Waals surface area (Å²) in [6.45, 7) is 2.41. The van der Waals surface area contributed by atoms with Gasteiger partial charge in [0.05, 0.1) is 18.8 Å². The van der Waals surface area contributed by atoms with E-state index in [0.717, 1.165) is 17.9 Å². The number of piperidine rings is 1. The quantitative estimate of drug-likeness (QED) is 0.818. The first-order valence-corrected chi connectivity index (χ1v) is 9.39. The fourth-order valence-corrected chi connectivity index (χ4v) is 3.97. The van der Waals surface area contributed by atoms with Crippen molar-refractivity contribution in [3.05, 3.63) is 24.3 Å². The van der Waals surface area contributed by atoms with Gasteiger partial charge in [0, 0.05) is 25.8 Å². The third-order valence-electron chi connectivity index (χ3n) is 4.28. The third-order valence-corrected chi connectivity index (χ3v) is 6.13. The number of nitrogens with zero attached hydrogens (tertiary/aromatic N) is 2. The summed E-state index contributed by atoms with van der Waals surface area (Å²) in [7, 11) is 0.0706. The number of sulfonamides is 1. The number of methoxy groups -OCH3 is 1. The molecular weight excluding hydrogens is 316 g/mol. The lowest BCUT2D eigenvalue weighted by atomic mass is 9.98.